The molecule has 0 aliphatic heterocycles. The van der Waals surface area contributed by atoms with E-state index in [9.17, 15) is 23.2 Å². The number of methoxy groups -OCH3 is 1. The normalized spacial score (nSPS) is 11.1. The molecule has 3 aromatic rings. The van der Waals surface area contributed by atoms with Crippen LogP contribution in [-0.2, 0) is 4.79 Å². The maximum atomic E-state index is 13.7. The minimum Gasteiger partial charge on any atom is -0.497 e. The van der Waals surface area contributed by atoms with Crippen molar-refractivity contribution in [3.63, 3.8) is 0 Å². The van der Waals surface area contributed by atoms with Crippen LogP contribution >= 0.6 is 0 Å². The Kier molecular flexibility index (Phi) is 6.54. The lowest BCUT2D eigenvalue weighted by atomic mass is 10.1. The quantitative estimate of drug-likeness (QED) is 0.255. The van der Waals surface area contributed by atoms with Gasteiger partial charge < -0.3 is 9.30 Å². The zero-order valence-electron chi connectivity index (χ0n) is 17.5. The summed E-state index contributed by atoms with van der Waals surface area (Å²) < 4.78 is 47.2. The van der Waals surface area contributed by atoms with Gasteiger partial charge in [-0.2, -0.15) is 5.26 Å². The van der Waals surface area contributed by atoms with Gasteiger partial charge in [-0.3, -0.25) is 15.6 Å². The molecule has 0 fully saturated rings. The van der Waals surface area contributed by atoms with Crippen LogP contribution in [-0.4, -0.2) is 17.6 Å². The summed E-state index contributed by atoms with van der Waals surface area (Å²) in [4.78, 5) is 12.4. The van der Waals surface area contributed by atoms with Crippen molar-refractivity contribution >= 4 is 17.7 Å². The SMILES string of the molecule is COc1ccc(-n2c(C)cc(/C=C(\C#N)C(=O)NNc3ccc(F)c(F)c3F)c2C)cc1. The van der Waals surface area contributed by atoms with Crippen molar-refractivity contribution in [2.75, 3.05) is 12.5 Å². The van der Waals surface area contributed by atoms with Crippen LogP contribution in [0.15, 0.2) is 48.0 Å². The summed E-state index contributed by atoms with van der Waals surface area (Å²) in [5.74, 6) is -4.68. The average molecular weight is 440 g/mol. The first-order valence-corrected chi connectivity index (χ1v) is 9.41. The zero-order chi connectivity index (χ0) is 23.4. The van der Waals surface area contributed by atoms with Crippen LogP contribution in [0.25, 0.3) is 11.8 Å². The summed E-state index contributed by atoms with van der Waals surface area (Å²) >= 11 is 0. The van der Waals surface area contributed by atoms with Crippen LogP contribution in [0.1, 0.15) is 17.0 Å². The molecule has 0 spiro atoms. The standard InChI is InChI=1S/C23H19F3N4O2/c1-13-10-15(14(2)30(13)17-4-6-18(32-3)7-5-17)11-16(12-27)23(31)29-28-20-9-8-19(24)21(25)22(20)26/h4-11,28H,1-3H3,(H,29,31)/b16-11+. The highest BCUT2D eigenvalue weighted by Gasteiger charge is 2.16. The Labute approximate surface area is 182 Å². The third-order valence-electron chi connectivity index (χ3n) is 4.81. The summed E-state index contributed by atoms with van der Waals surface area (Å²) in [5, 5.41) is 9.42. The Hall–Kier alpha value is -4.19. The lowest BCUT2D eigenvalue weighted by molar-refractivity contribution is -0.116. The Bertz CT molecular complexity index is 1240. The molecule has 0 atom stereocenters. The molecule has 1 amide bonds. The number of anilines is 1. The molecule has 2 N–H and O–H groups in total. The van der Waals surface area contributed by atoms with E-state index in [2.05, 4.69) is 10.9 Å². The number of hydrazine groups is 1. The van der Waals surface area contributed by atoms with Crippen molar-refractivity contribution in [2.45, 2.75) is 13.8 Å². The molecule has 0 saturated carbocycles. The lowest BCUT2D eigenvalue weighted by Gasteiger charge is -2.11. The van der Waals surface area contributed by atoms with Crippen molar-refractivity contribution in [1.29, 1.82) is 5.26 Å². The van der Waals surface area contributed by atoms with Crippen molar-refractivity contribution < 1.29 is 22.7 Å². The second-order valence-corrected chi connectivity index (χ2v) is 6.83. The number of carbonyl (C=O) groups excluding carboxylic acids is 1. The molecule has 1 aromatic heterocycles. The largest absolute Gasteiger partial charge is 0.497 e. The lowest BCUT2D eigenvalue weighted by Crippen LogP contribution is -2.31. The predicted octanol–water partition coefficient (Wildman–Crippen LogP) is 4.57. The third-order valence-corrected chi connectivity index (χ3v) is 4.81. The molecular weight excluding hydrogens is 421 g/mol. The number of benzene rings is 2. The Morgan fingerprint density at radius 3 is 2.41 bits per heavy atom. The number of nitriles is 1. The van der Waals surface area contributed by atoms with Gasteiger partial charge in [0, 0.05) is 17.1 Å². The fraction of sp³-hybridized carbons (Fsp3) is 0.130. The van der Waals surface area contributed by atoms with Crippen molar-refractivity contribution in [3.8, 4) is 17.5 Å². The predicted molar refractivity (Wildman–Crippen MR) is 113 cm³/mol. The van der Waals surface area contributed by atoms with Gasteiger partial charge in [0.25, 0.3) is 5.91 Å². The fourth-order valence-corrected chi connectivity index (χ4v) is 3.18. The first kappa shape index (κ1) is 22.5. The fourth-order valence-electron chi connectivity index (χ4n) is 3.18. The van der Waals surface area contributed by atoms with E-state index in [0.717, 1.165) is 23.1 Å². The van der Waals surface area contributed by atoms with E-state index in [1.807, 2.05) is 48.7 Å². The smallest absolute Gasteiger partial charge is 0.280 e. The minimum atomic E-state index is -1.67. The van der Waals surface area contributed by atoms with Gasteiger partial charge in [0.15, 0.2) is 17.5 Å². The summed E-state index contributed by atoms with van der Waals surface area (Å²) in [6.45, 7) is 3.72. The Morgan fingerprint density at radius 1 is 1.09 bits per heavy atom. The van der Waals surface area contributed by atoms with Crippen LogP contribution in [0, 0.1) is 42.6 Å². The van der Waals surface area contributed by atoms with E-state index in [1.165, 1.54) is 6.08 Å². The number of rotatable bonds is 6. The highest BCUT2D eigenvalue weighted by Crippen LogP contribution is 2.24. The van der Waals surface area contributed by atoms with Crippen molar-refractivity contribution in [2.24, 2.45) is 0 Å². The highest BCUT2D eigenvalue weighted by atomic mass is 19.2. The summed E-state index contributed by atoms with van der Waals surface area (Å²) in [5.41, 5.74) is 6.69. The van der Waals surface area contributed by atoms with Crippen LogP contribution in [0.2, 0.25) is 0 Å². The molecule has 9 heteroatoms. The molecular formula is C23H19F3N4O2. The monoisotopic (exact) mass is 440 g/mol. The number of ether oxygens (including phenoxy) is 1. The second kappa shape index (κ2) is 9.31. The van der Waals surface area contributed by atoms with Gasteiger partial charge in [0.05, 0.1) is 12.8 Å². The van der Waals surface area contributed by atoms with Crippen LogP contribution in [0.3, 0.4) is 0 Å². The number of hydrogen-bond acceptors (Lipinski definition) is 4. The number of amides is 1. The molecule has 2 aromatic carbocycles. The van der Waals surface area contributed by atoms with E-state index in [4.69, 9.17) is 4.74 Å². The van der Waals surface area contributed by atoms with E-state index in [0.29, 0.717) is 17.4 Å². The highest BCUT2D eigenvalue weighted by molar-refractivity contribution is 6.02. The minimum absolute atomic E-state index is 0.268. The van der Waals surface area contributed by atoms with E-state index in [-0.39, 0.29) is 5.57 Å². The summed E-state index contributed by atoms with van der Waals surface area (Å²) in [6.07, 6.45) is 1.39. The van der Waals surface area contributed by atoms with Gasteiger partial charge >= 0.3 is 0 Å². The first-order valence-electron chi connectivity index (χ1n) is 9.41. The summed E-state index contributed by atoms with van der Waals surface area (Å²) in [6, 6.07) is 12.6. The number of aryl methyl sites for hydroxylation is 1. The van der Waals surface area contributed by atoms with Gasteiger partial charge in [0.2, 0.25) is 0 Å². The van der Waals surface area contributed by atoms with E-state index >= 15 is 0 Å². The molecule has 0 aliphatic rings. The molecule has 1 heterocycles. The van der Waals surface area contributed by atoms with Crippen LogP contribution in [0.5, 0.6) is 5.75 Å². The maximum absolute atomic E-state index is 13.7. The maximum Gasteiger partial charge on any atom is 0.280 e. The molecule has 0 bridgehead atoms. The number of halogens is 3. The van der Waals surface area contributed by atoms with Crippen molar-refractivity contribution in [3.05, 3.63) is 82.4 Å². The topological polar surface area (TPSA) is 79.1 Å². The van der Waals surface area contributed by atoms with Gasteiger partial charge in [-0.15, -0.1) is 0 Å². The van der Waals surface area contributed by atoms with Crippen LogP contribution in [0.4, 0.5) is 18.9 Å². The molecule has 3 rings (SSSR count). The second-order valence-electron chi connectivity index (χ2n) is 6.83. The number of nitrogens with zero attached hydrogens (tertiary/aromatic N) is 2. The van der Waals surface area contributed by atoms with Gasteiger partial charge in [0.1, 0.15) is 17.4 Å². The summed E-state index contributed by atoms with van der Waals surface area (Å²) in [7, 11) is 1.58. The third kappa shape index (κ3) is 4.44. The average Bonchev–Trinajstić information content (AvgIpc) is 3.07. The van der Waals surface area contributed by atoms with E-state index in [1.54, 1.807) is 13.2 Å². The Morgan fingerprint density at radius 2 is 1.78 bits per heavy atom. The molecule has 0 unspecified atom stereocenters. The van der Waals surface area contributed by atoms with Gasteiger partial charge in [-0.25, -0.2) is 13.2 Å². The Balaban J connectivity index is 1.84. The molecule has 0 radical (unpaired) electrons. The molecule has 32 heavy (non-hydrogen) atoms. The number of aromatic nitrogens is 1. The van der Waals surface area contributed by atoms with Gasteiger partial charge in [-0.05, 0) is 68.0 Å². The first-order chi connectivity index (χ1) is 15.3. The number of nitrogens with one attached hydrogen (secondary N) is 2. The number of carbonyl (C=O) groups is 1. The molecule has 0 aliphatic carbocycles. The van der Waals surface area contributed by atoms with Gasteiger partial charge in [-0.1, -0.05) is 0 Å². The van der Waals surface area contributed by atoms with Crippen molar-refractivity contribution in [1.82, 2.24) is 9.99 Å². The zero-order valence-corrected chi connectivity index (χ0v) is 17.5. The van der Waals surface area contributed by atoms with E-state index < -0.39 is 29.0 Å². The number of hydrogen-bond donors (Lipinski definition) is 2. The van der Waals surface area contributed by atoms with Crippen LogP contribution < -0.4 is 15.6 Å². The molecule has 6 nitrogen and oxygen atoms in total. The molecule has 164 valence electrons. The molecule has 0 saturated heterocycles.